The number of amides is 2. The Hall–Kier alpha value is -3.42. The average molecular weight is 370 g/mol. The minimum Gasteiger partial charge on any atom is -0.459 e. The largest absolute Gasteiger partial charge is 0.459 e. The van der Waals surface area contributed by atoms with Crippen LogP contribution in [0.1, 0.15) is 18.4 Å². The van der Waals surface area contributed by atoms with Gasteiger partial charge in [-0.2, -0.15) is 0 Å². The van der Waals surface area contributed by atoms with Gasteiger partial charge in [-0.1, -0.05) is 0 Å². The van der Waals surface area contributed by atoms with E-state index in [1.165, 1.54) is 25.4 Å². The summed E-state index contributed by atoms with van der Waals surface area (Å²) >= 11 is 0. The maximum absolute atomic E-state index is 13.0. The third kappa shape index (κ3) is 5.04. The van der Waals surface area contributed by atoms with E-state index < -0.39 is 6.04 Å². The smallest absolute Gasteiger partial charge is 0.243 e. The van der Waals surface area contributed by atoms with Crippen molar-refractivity contribution in [3.8, 4) is 11.3 Å². The van der Waals surface area contributed by atoms with Crippen LogP contribution in [-0.2, 0) is 22.6 Å². The summed E-state index contributed by atoms with van der Waals surface area (Å²) in [5.74, 6) is 0.172. The van der Waals surface area contributed by atoms with Gasteiger partial charge in [-0.15, -0.1) is 0 Å². The quantitative estimate of drug-likeness (QED) is 0.593. The SMILES string of the molecule is CC(=O)N[C@@H](Cc1cnc[nH]1)C(=O)NCc1ccc(-c2ccc(F)cc2)o1. The molecule has 0 spiro atoms. The Kier molecular flexibility index (Phi) is 5.65. The number of hydrogen-bond acceptors (Lipinski definition) is 4. The summed E-state index contributed by atoms with van der Waals surface area (Å²) in [5, 5.41) is 5.37. The van der Waals surface area contributed by atoms with Gasteiger partial charge in [-0.3, -0.25) is 9.59 Å². The zero-order chi connectivity index (χ0) is 19.2. The molecule has 8 heteroatoms. The van der Waals surface area contributed by atoms with Gasteiger partial charge in [0.25, 0.3) is 0 Å². The number of carbonyl (C=O) groups excluding carboxylic acids is 2. The molecule has 2 aromatic heterocycles. The van der Waals surface area contributed by atoms with E-state index in [1.807, 2.05) is 0 Å². The van der Waals surface area contributed by atoms with Crippen LogP contribution in [0.5, 0.6) is 0 Å². The Morgan fingerprint density at radius 1 is 1.22 bits per heavy atom. The first-order valence-electron chi connectivity index (χ1n) is 8.38. The third-order valence-electron chi connectivity index (χ3n) is 3.90. The zero-order valence-corrected chi connectivity index (χ0v) is 14.7. The molecule has 3 N–H and O–H groups in total. The van der Waals surface area contributed by atoms with Crippen molar-refractivity contribution in [1.82, 2.24) is 20.6 Å². The molecule has 3 aromatic rings. The van der Waals surface area contributed by atoms with E-state index in [2.05, 4.69) is 20.6 Å². The lowest BCUT2D eigenvalue weighted by Crippen LogP contribution is -2.47. The van der Waals surface area contributed by atoms with Crippen molar-refractivity contribution in [2.75, 3.05) is 0 Å². The van der Waals surface area contributed by atoms with Gasteiger partial charge in [0, 0.05) is 30.8 Å². The maximum Gasteiger partial charge on any atom is 0.243 e. The topological polar surface area (TPSA) is 100 Å². The molecule has 0 aliphatic heterocycles. The van der Waals surface area contributed by atoms with Crippen molar-refractivity contribution in [1.29, 1.82) is 0 Å². The standard InChI is InChI=1S/C19H19FN4O3/c1-12(25)24-17(8-15-9-21-11-23-15)19(26)22-10-16-6-7-18(27-16)13-2-4-14(20)5-3-13/h2-7,9,11,17H,8,10H2,1H3,(H,21,23)(H,22,26)(H,24,25)/t17-/m0/s1. The van der Waals surface area contributed by atoms with Crippen molar-refractivity contribution in [2.45, 2.75) is 25.9 Å². The molecule has 0 saturated carbocycles. The monoisotopic (exact) mass is 370 g/mol. The lowest BCUT2D eigenvalue weighted by Gasteiger charge is -2.16. The van der Waals surface area contributed by atoms with Crippen LogP contribution in [0.3, 0.4) is 0 Å². The highest BCUT2D eigenvalue weighted by Crippen LogP contribution is 2.22. The minimum atomic E-state index is -0.727. The number of halogens is 1. The van der Waals surface area contributed by atoms with E-state index in [1.54, 1.807) is 30.5 Å². The average Bonchev–Trinajstić information content (AvgIpc) is 3.31. The molecule has 27 heavy (non-hydrogen) atoms. The summed E-state index contributed by atoms with van der Waals surface area (Å²) in [4.78, 5) is 30.6. The van der Waals surface area contributed by atoms with Crippen molar-refractivity contribution in [3.63, 3.8) is 0 Å². The number of nitrogens with one attached hydrogen (secondary N) is 3. The van der Waals surface area contributed by atoms with E-state index in [-0.39, 0.29) is 24.2 Å². The molecule has 3 rings (SSSR count). The highest BCUT2D eigenvalue weighted by atomic mass is 19.1. The fourth-order valence-electron chi connectivity index (χ4n) is 2.61. The Bertz CT molecular complexity index is 903. The second kappa shape index (κ2) is 8.31. The van der Waals surface area contributed by atoms with Crippen LogP contribution in [0.4, 0.5) is 4.39 Å². The Morgan fingerprint density at radius 3 is 2.67 bits per heavy atom. The van der Waals surface area contributed by atoms with E-state index in [4.69, 9.17) is 4.42 Å². The van der Waals surface area contributed by atoms with Crippen LogP contribution in [0.2, 0.25) is 0 Å². The van der Waals surface area contributed by atoms with E-state index in [9.17, 15) is 14.0 Å². The van der Waals surface area contributed by atoms with Crippen LogP contribution in [-0.4, -0.2) is 27.8 Å². The lowest BCUT2D eigenvalue weighted by atomic mass is 10.1. The highest BCUT2D eigenvalue weighted by Gasteiger charge is 2.20. The molecule has 1 aromatic carbocycles. The van der Waals surface area contributed by atoms with Crippen LogP contribution < -0.4 is 10.6 Å². The first-order valence-corrected chi connectivity index (χ1v) is 8.38. The normalized spacial score (nSPS) is 11.8. The highest BCUT2D eigenvalue weighted by molar-refractivity contribution is 5.87. The number of aromatic amines is 1. The summed E-state index contributed by atoms with van der Waals surface area (Å²) in [7, 11) is 0. The lowest BCUT2D eigenvalue weighted by molar-refractivity contribution is -0.128. The molecule has 0 aliphatic carbocycles. The second-order valence-corrected chi connectivity index (χ2v) is 6.02. The number of benzene rings is 1. The van der Waals surface area contributed by atoms with Crippen molar-refractivity contribution < 1.29 is 18.4 Å². The number of aromatic nitrogens is 2. The van der Waals surface area contributed by atoms with E-state index >= 15 is 0 Å². The molecular formula is C19H19FN4O3. The maximum atomic E-state index is 13.0. The molecule has 7 nitrogen and oxygen atoms in total. The first kappa shape index (κ1) is 18.4. The van der Waals surface area contributed by atoms with Gasteiger partial charge in [0.15, 0.2) is 0 Å². The van der Waals surface area contributed by atoms with E-state index in [0.29, 0.717) is 17.9 Å². The minimum absolute atomic E-state index is 0.166. The van der Waals surface area contributed by atoms with Gasteiger partial charge < -0.3 is 20.0 Å². The molecule has 0 unspecified atom stereocenters. The molecule has 1 atom stereocenters. The van der Waals surface area contributed by atoms with Gasteiger partial charge in [-0.05, 0) is 36.4 Å². The van der Waals surface area contributed by atoms with Crippen LogP contribution in [0, 0.1) is 5.82 Å². The molecule has 0 bridgehead atoms. The molecule has 0 aliphatic rings. The molecule has 2 amide bonds. The Labute approximate surface area is 155 Å². The fraction of sp³-hybridized carbons (Fsp3) is 0.211. The number of furan rings is 1. The summed E-state index contributed by atoms with van der Waals surface area (Å²) in [6, 6.07) is 8.71. The number of nitrogens with zero attached hydrogens (tertiary/aromatic N) is 1. The number of rotatable bonds is 7. The van der Waals surface area contributed by atoms with Crippen molar-refractivity contribution in [3.05, 3.63) is 66.2 Å². The summed E-state index contributed by atoms with van der Waals surface area (Å²) in [6.07, 6.45) is 3.41. The number of imidazole rings is 1. The molecule has 2 heterocycles. The van der Waals surface area contributed by atoms with Gasteiger partial charge in [0.05, 0.1) is 12.9 Å². The van der Waals surface area contributed by atoms with Crippen LogP contribution in [0.25, 0.3) is 11.3 Å². The zero-order valence-electron chi connectivity index (χ0n) is 14.7. The molecule has 0 fully saturated rings. The van der Waals surface area contributed by atoms with Gasteiger partial charge >= 0.3 is 0 Å². The first-order chi connectivity index (χ1) is 13.0. The van der Waals surface area contributed by atoms with Crippen molar-refractivity contribution >= 4 is 11.8 Å². The summed E-state index contributed by atoms with van der Waals surface area (Å²) in [6.45, 7) is 1.52. The fourth-order valence-corrected chi connectivity index (χ4v) is 2.61. The predicted molar refractivity (Wildman–Crippen MR) is 95.8 cm³/mol. The summed E-state index contributed by atoms with van der Waals surface area (Å²) in [5.41, 5.74) is 1.48. The molecule has 0 radical (unpaired) electrons. The second-order valence-electron chi connectivity index (χ2n) is 6.02. The molecule has 0 saturated heterocycles. The van der Waals surface area contributed by atoms with Crippen molar-refractivity contribution in [2.24, 2.45) is 0 Å². The Morgan fingerprint density at radius 2 is 2.00 bits per heavy atom. The third-order valence-corrected chi connectivity index (χ3v) is 3.90. The molecule has 140 valence electrons. The van der Waals surface area contributed by atoms with Gasteiger partial charge in [-0.25, -0.2) is 9.37 Å². The van der Waals surface area contributed by atoms with Crippen LogP contribution >= 0.6 is 0 Å². The molecular weight excluding hydrogens is 351 g/mol. The van der Waals surface area contributed by atoms with E-state index in [0.717, 1.165) is 11.3 Å². The Balaban J connectivity index is 1.61. The van der Waals surface area contributed by atoms with Gasteiger partial charge in [0.1, 0.15) is 23.4 Å². The van der Waals surface area contributed by atoms with Crippen LogP contribution in [0.15, 0.2) is 53.3 Å². The predicted octanol–water partition coefficient (Wildman–Crippen LogP) is 2.17. The number of H-pyrrole nitrogens is 1. The van der Waals surface area contributed by atoms with Gasteiger partial charge in [0.2, 0.25) is 11.8 Å². The summed E-state index contributed by atoms with van der Waals surface area (Å²) < 4.78 is 18.7. The number of carbonyl (C=O) groups is 2. The number of hydrogen-bond donors (Lipinski definition) is 3.